The SMILES string of the molecule is CC(=O)O/N=C1/C(=C/c2ccccc2)N2CCC1CC2. The van der Waals surface area contributed by atoms with Crippen LogP contribution in [-0.4, -0.2) is 29.7 Å². The van der Waals surface area contributed by atoms with Crippen LogP contribution in [0, 0.1) is 5.92 Å². The summed E-state index contributed by atoms with van der Waals surface area (Å²) in [6.07, 6.45) is 4.31. The molecule has 3 aliphatic rings. The van der Waals surface area contributed by atoms with Crippen molar-refractivity contribution < 1.29 is 9.63 Å². The minimum absolute atomic E-state index is 0.368. The summed E-state index contributed by atoms with van der Waals surface area (Å²) in [5.41, 5.74) is 3.16. The largest absolute Gasteiger partial charge is 0.370 e. The first kappa shape index (κ1) is 12.9. The van der Waals surface area contributed by atoms with Gasteiger partial charge >= 0.3 is 5.97 Å². The average Bonchev–Trinajstić information content (AvgIpc) is 2.48. The maximum Gasteiger partial charge on any atom is 0.331 e. The molecule has 20 heavy (non-hydrogen) atoms. The van der Waals surface area contributed by atoms with E-state index in [2.05, 4.69) is 28.3 Å². The number of oxime groups is 1. The van der Waals surface area contributed by atoms with E-state index in [1.807, 2.05) is 18.2 Å². The van der Waals surface area contributed by atoms with Crippen LogP contribution in [0.4, 0.5) is 0 Å². The number of nitrogens with zero attached hydrogens (tertiary/aromatic N) is 2. The van der Waals surface area contributed by atoms with Crippen LogP contribution < -0.4 is 0 Å². The Morgan fingerprint density at radius 1 is 1.30 bits per heavy atom. The van der Waals surface area contributed by atoms with Crippen LogP contribution in [0.1, 0.15) is 25.3 Å². The van der Waals surface area contributed by atoms with Crippen molar-refractivity contribution in [1.29, 1.82) is 0 Å². The van der Waals surface area contributed by atoms with E-state index >= 15 is 0 Å². The Morgan fingerprint density at radius 3 is 2.65 bits per heavy atom. The summed E-state index contributed by atoms with van der Waals surface area (Å²) in [6.45, 7) is 3.50. The molecule has 4 nitrogen and oxygen atoms in total. The molecule has 4 rings (SSSR count). The lowest BCUT2D eigenvalue weighted by molar-refractivity contribution is -0.141. The number of rotatable bonds is 2. The highest BCUT2D eigenvalue weighted by Crippen LogP contribution is 2.33. The van der Waals surface area contributed by atoms with E-state index in [1.54, 1.807) is 0 Å². The van der Waals surface area contributed by atoms with Crippen molar-refractivity contribution in [3.8, 4) is 0 Å². The van der Waals surface area contributed by atoms with E-state index in [0.29, 0.717) is 5.92 Å². The number of hydrogen-bond acceptors (Lipinski definition) is 4. The molecule has 0 unspecified atom stereocenters. The summed E-state index contributed by atoms with van der Waals surface area (Å²) in [6, 6.07) is 10.2. The molecule has 3 heterocycles. The van der Waals surface area contributed by atoms with Crippen LogP contribution in [0.15, 0.2) is 41.2 Å². The molecule has 0 N–H and O–H groups in total. The van der Waals surface area contributed by atoms with Crippen molar-refractivity contribution in [2.75, 3.05) is 13.1 Å². The monoisotopic (exact) mass is 270 g/mol. The first-order valence-corrected chi connectivity index (χ1v) is 7.01. The molecule has 0 amide bonds. The highest BCUT2D eigenvalue weighted by atomic mass is 16.7. The van der Waals surface area contributed by atoms with Gasteiger partial charge in [-0.05, 0) is 24.5 Å². The fourth-order valence-electron chi connectivity index (χ4n) is 2.87. The van der Waals surface area contributed by atoms with Crippen molar-refractivity contribution in [3.63, 3.8) is 0 Å². The molecular formula is C16H18N2O2. The van der Waals surface area contributed by atoms with E-state index < -0.39 is 0 Å². The van der Waals surface area contributed by atoms with Crippen molar-refractivity contribution >= 4 is 17.8 Å². The molecule has 4 heteroatoms. The van der Waals surface area contributed by atoms with Crippen molar-refractivity contribution in [3.05, 3.63) is 41.6 Å². The quantitative estimate of drug-likeness (QED) is 0.613. The van der Waals surface area contributed by atoms with Gasteiger partial charge in [-0.1, -0.05) is 35.5 Å². The van der Waals surface area contributed by atoms with E-state index in [9.17, 15) is 4.79 Å². The maximum absolute atomic E-state index is 11.0. The summed E-state index contributed by atoms with van der Waals surface area (Å²) >= 11 is 0. The average molecular weight is 270 g/mol. The molecule has 0 saturated carbocycles. The second kappa shape index (κ2) is 5.49. The van der Waals surface area contributed by atoms with Crippen LogP contribution in [0.3, 0.4) is 0 Å². The summed E-state index contributed by atoms with van der Waals surface area (Å²) in [4.78, 5) is 18.2. The van der Waals surface area contributed by atoms with E-state index in [-0.39, 0.29) is 5.97 Å². The molecule has 0 radical (unpaired) electrons. The van der Waals surface area contributed by atoms with Crippen LogP contribution in [0.5, 0.6) is 0 Å². The van der Waals surface area contributed by atoms with E-state index in [0.717, 1.165) is 42.9 Å². The van der Waals surface area contributed by atoms with E-state index in [4.69, 9.17) is 4.84 Å². The van der Waals surface area contributed by atoms with Gasteiger partial charge < -0.3 is 9.74 Å². The Bertz CT molecular complexity index is 555. The third-order valence-electron chi connectivity index (χ3n) is 3.86. The second-order valence-corrected chi connectivity index (χ2v) is 5.26. The van der Waals surface area contributed by atoms with Crippen LogP contribution in [0.25, 0.3) is 6.08 Å². The van der Waals surface area contributed by atoms with E-state index in [1.165, 1.54) is 6.92 Å². The molecule has 0 aromatic heterocycles. The van der Waals surface area contributed by atoms with Crippen LogP contribution >= 0.6 is 0 Å². The summed E-state index contributed by atoms with van der Waals surface area (Å²) in [5.74, 6) is 0.0438. The number of piperidine rings is 3. The first-order chi connectivity index (χ1) is 9.74. The molecule has 2 bridgehead atoms. The summed E-state index contributed by atoms with van der Waals surface area (Å²) in [5, 5.41) is 4.10. The zero-order chi connectivity index (χ0) is 13.9. The molecule has 0 spiro atoms. The molecule has 1 aromatic carbocycles. The zero-order valence-corrected chi connectivity index (χ0v) is 11.6. The molecule has 0 atom stereocenters. The lowest BCUT2D eigenvalue weighted by Crippen LogP contribution is -2.46. The summed E-state index contributed by atoms with van der Waals surface area (Å²) < 4.78 is 0. The normalized spacial score (nSPS) is 22.6. The molecular weight excluding hydrogens is 252 g/mol. The predicted octanol–water partition coefficient (Wildman–Crippen LogP) is 2.67. The highest BCUT2D eigenvalue weighted by Gasteiger charge is 2.35. The second-order valence-electron chi connectivity index (χ2n) is 5.26. The van der Waals surface area contributed by atoms with Gasteiger partial charge in [-0.25, -0.2) is 4.79 Å². The molecule has 104 valence electrons. The number of allylic oxidation sites excluding steroid dienone is 1. The third kappa shape index (κ3) is 2.59. The molecule has 0 aliphatic carbocycles. The van der Waals surface area contributed by atoms with Crippen LogP contribution in [0.2, 0.25) is 0 Å². The predicted molar refractivity (Wildman–Crippen MR) is 77.9 cm³/mol. The van der Waals surface area contributed by atoms with Gasteiger partial charge in [0.2, 0.25) is 0 Å². The Balaban J connectivity index is 1.95. The van der Waals surface area contributed by atoms with Gasteiger partial charge in [0.05, 0.1) is 5.70 Å². The summed E-state index contributed by atoms with van der Waals surface area (Å²) in [7, 11) is 0. The zero-order valence-electron chi connectivity index (χ0n) is 11.6. The van der Waals surface area contributed by atoms with Gasteiger partial charge in [-0.2, -0.15) is 0 Å². The maximum atomic E-state index is 11.0. The van der Waals surface area contributed by atoms with Gasteiger partial charge in [-0.15, -0.1) is 0 Å². The minimum Gasteiger partial charge on any atom is -0.370 e. The van der Waals surface area contributed by atoms with Gasteiger partial charge in [0.15, 0.2) is 0 Å². The molecule has 1 aromatic rings. The lowest BCUT2D eigenvalue weighted by atomic mass is 9.83. The third-order valence-corrected chi connectivity index (χ3v) is 3.86. The van der Waals surface area contributed by atoms with Gasteiger partial charge in [0.25, 0.3) is 0 Å². The smallest absolute Gasteiger partial charge is 0.331 e. The van der Waals surface area contributed by atoms with Gasteiger partial charge in [0, 0.05) is 25.9 Å². The van der Waals surface area contributed by atoms with Crippen LogP contribution in [-0.2, 0) is 9.63 Å². The fourth-order valence-corrected chi connectivity index (χ4v) is 2.87. The molecule has 3 fully saturated rings. The molecule has 3 saturated heterocycles. The Morgan fingerprint density at radius 2 is 2.00 bits per heavy atom. The topological polar surface area (TPSA) is 41.9 Å². The van der Waals surface area contributed by atoms with Crippen molar-refractivity contribution in [2.24, 2.45) is 11.1 Å². The Labute approximate surface area is 118 Å². The molecule has 3 aliphatic heterocycles. The van der Waals surface area contributed by atoms with Gasteiger partial charge in [-0.3, -0.25) is 0 Å². The number of hydrogen-bond donors (Lipinski definition) is 0. The first-order valence-electron chi connectivity index (χ1n) is 7.01. The Kier molecular flexibility index (Phi) is 3.54. The van der Waals surface area contributed by atoms with Gasteiger partial charge in [0.1, 0.15) is 5.71 Å². The number of carbonyl (C=O) groups is 1. The number of fused-ring (bicyclic) bond motifs is 3. The van der Waals surface area contributed by atoms with Crippen molar-refractivity contribution in [1.82, 2.24) is 4.90 Å². The fraction of sp³-hybridized carbons (Fsp3) is 0.375. The highest BCUT2D eigenvalue weighted by molar-refractivity contribution is 6.05. The number of benzene rings is 1. The van der Waals surface area contributed by atoms with Crippen molar-refractivity contribution in [2.45, 2.75) is 19.8 Å². The lowest BCUT2D eigenvalue weighted by Gasteiger charge is -2.42. The minimum atomic E-state index is -0.368. The standard InChI is InChI=1S/C16H18N2O2/c1-12(19)20-17-16-14-7-9-18(10-8-14)15(16)11-13-5-3-2-4-6-13/h2-6,11,14H,7-10H2,1H3/b15-11-,17-16+. The number of carbonyl (C=O) groups excluding carboxylic acids is 1. The Hall–Kier alpha value is -2.10.